The highest BCUT2D eigenvalue weighted by molar-refractivity contribution is 5.84. The first kappa shape index (κ1) is 24.4. The molecule has 0 aromatic carbocycles. The van der Waals surface area contributed by atoms with Gasteiger partial charge in [-0.25, -0.2) is 0 Å². The summed E-state index contributed by atoms with van der Waals surface area (Å²) >= 11 is 0. The molecule has 3 N–H and O–H groups in total. The van der Waals surface area contributed by atoms with Crippen LogP contribution in [0.3, 0.4) is 0 Å². The van der Waals surface area contributed by atoms with Crippen LogP contribution in [0, 0.1) is 11.8 Å². The van der Waals surface area contributed by atoms with Crippen LogP contribution in [0.25, 0.3) is 0 Å². The number of aliphatic carboxylic acids is 1. The van der Waals surface area contributed by atoms with Crippen molar-refractivity contribution in [3.8, 4) is 0 Å². The van der Waals surface area contributed by atoms with E-state index >= 15 is 0 Å². The van der Waals surface area contributed by atoms with Crippen molar-refractivity contribution in [1.29, 1.82) is 0 Å². The van der Waals surface area contributed by atoms with Gasteiger partial charge >= 0.3 is 5.97 Å². The lowest BCUT2D eigenvalue weighted by Gasteiger charge is -2.27. The average molecular weight is 423 g/mol. The van der Waals surface area contributed by atoms with Gasteiger partial charge in [-0.15, -0.1) is 0 Å². The molecule has 0 spiro atoms. The molecule has 2 aliphatic rings. The maximum absolute atomic E-state index is 12.2. The third kappa shape index (κ3) is 8.46. The van der Waals surface area contributed by atoms with E-state index in [1.807, 2.05) is 0 Å². The minimum absolute atomic E-state index is 0.0302. The van der Waals surface area contributed by atoms with Crippen molar-refractivity contribution in [3.05, 3.63) is 12.2 Å². The van der Waals surface area contributed by atoms with Crippen LogP contribution in [0.1, 0.15) is 77.6 Å². The van der Waals surface area contributed by atoms with E-state index in [0.717, 1.165) is 51.4 Å². The van der Waals surface area contributed by atoms with Crippen molar-refractivity contribution >= 4 is 17.8 Å². The molecule has 0 aromatic rings. The van der Waals surface area contributed by atoms with Crippen LogP contribution in [0.5, 0.6) is 0 Å². The summed E-state index contributed by atoms with van der Waals surface area (Å²) < 4.78 is 6.07. The summed E-state index contributed by atoms with van der Waals surface area (Å²) in [4.78, 5) is 34.5. The molecule has 7 heteroatoms. The molecule has 0 unspecified atom stereocenters. The lowest BCUT2D eigenvalue weighted by molar-refractivity contribution is -0.137. The van der Waals surface area contributed by atoms with Crippen molar-refractivity contribution in [2.24, 2.45) is 11.8 Å². The largest absolute Gasteiger partial charge is 0.481 e. The molecule has 2 bridgehead atoms. The van der Waals surface area contributed by atoms with Crippen LogP contribution in [0.15, 0.2) is 12.2 Å². The zero-order valence-electron chi connectivity index (χ0n) is 18.2. The molecule has 2 amide bonds. The van der Waals surface area contributed by atoms with E-state index in [0.29, 0.717) is 31.2 Å². The number of fused-ring (bicyclic) bond motifs is 2. The fourth-order valence-corrected chi connectivity index (χ4v) is 4.50. The number of hydrogen-bond acceptors (Lipinski definition) is 4. The topological polar surface area (TPSA) is 105 Å². The quantitative estimate of drug-likeness (QED) is 0.278. The van der Waals surface area contributed by atoms with Crippen molar-refractivity contribution in [2.45, 2.75) is 89.8 Å². The molecule has 2 aliphatic heterocycles. The number of hydrogen-bond donors (Lipinski definition) is 3. The lowest BCUT2D eigenvalue weighted by Crippen LogP contribution is -2.42. The first-order valence-electron chi connectivity index (χ1n) is 11.6. The molecule has 7 nitrogen and oxygen atoms in total. The number of carbonyl (C=O) groups is 3. The monoisotopic (exact) mass is 422 g/mol. The van der Waals surface area contributed by atoms with Crippen LogP contribution < -0.4 is 10.6 Å². The second-order valence-corrected chi connectivity index (χ2v) is 8.50. The molecule has 0 aromatic heterocycles. The number of carboxylic acid groups (broad SMARTS) is 1. The van der Waals surface area contributed by atoms with Gasteiger partial charge in [0.2, 0.25) is 11.8 Å². The Bertz CT molecular complexity index is 592. The Kier molecular flexibility index (Phi) is 10.9. The van der Waals surface area contributed by atoms with Gasteiger partial charge < -0.3 is 20.5 Å². The fraction of sp³-hybridized carbons (Fsp3) is 0.783. The first-order valence-corrected chi connectivity index (χ1v) is 11.6. The fourth-order valence-electron chi connectivity index (χ4n) is 4.50. The van der Waals surface area contributed by atoms with Gasteiger partial charge in [-0.1, -0.05) is 38.3 Å². The summed E-state index contributed by atoms with van der Waals surface area (Å²) in [5, 5.41) is 14.4. The van der Waals surface area contributed by atoms with E-state index in [1.165, 1.54) is 0 Å². The molecule has 2 fully saturated rings. The Morgan fingerprint density at radius 2 is 1.70 bits per heavy atom. The predicted molar refractivity (Wildman–Crippen MR) is 115 cm³/mol. The molecule has 2 rings (SSSR count). The maximum Gasteiger partial charge on any atom is 0.303 e. The third-order valence-corrected chi connectivity index (χ3v) is 6.17. The molecule has 4 atom stereocenters. The van der Waals surface area contributed by atoms with Crippen LogP contribution in [0.2, 0.25) is 0 Å². The molecular formula is C23H38N2O5. The van der Waals surface area contributed by atoms with E-state index in [-0.39, 0.29) is 37.0 Å². The summed E-state index contributed by atoms with van der Waals surface area (Å²) in [6, 6.07) is 0. The molecule has 170 valence electrons. The normalized spacial score (nSPS) is 25.0. The first-order chi connectivity index (χ1) is 14.5. The van der Waals surface area contributed by atoms with E-state index in [2.05, 4.69) is 29.7 Å². The van der Waals surface area contributed by atoms with E-state index in [4.69, 9.17) is 9.84 Å². The van der Waals surface area contributed by atoms with Crippen molar-refractivity contribution < 1.29 is 24.2 Å². The van der Waals surface area contributed by atoms with Gasteiger partial charge in [0, 0.05) is 25.3 Å². The van der Waals surface area contributed by atoms with E-state index in [1.54, 1.807) is 0 Å². The van der Waals surface area contributed by atoms with Gasteiger partial charge in [0.1, 0.15) is 0 Å². The number of carbonyl (C=O) groups excluding carboxylic acids is 2. The second-order valence-electron chi connectivity index (χ2n) is 8.50. The van der Waals surface area contributed by atoms with Gasteiger partial charge in [0.25, 0.3) is 0 Å². The van der Waals surface area contributed by atoms with E-state index in [9.17, 15) is 14.4 Å². The summed E-state index contributed by atoms with van der Waals surface area (Å²) in [5.74, 6) is -0.291. The standard InChI is InChI=1S/C23H38N2O5/c1-2-3-4-8-11-21(26)25-16-22(27)24-15-18-17(19-13-14-20(18)30-19)10-7-5-6-9-12-23(28)29/h5,7,17-20H,2-4,6,8-16H2,1H3,(H,24,27)(H,25,26)(H,28,29)/b7-5+/t17-,18+,19-,20+/m1/s1. The van der Waals surface area contributed by atoms with Crippen LogP contribution in [-0.4, -0.2) is 48.2 Å². The molecule has 2 heterocycles. The van der Waals surface area contributed by atoms with Crippen molar-refractivity contribution in [2.75, 3.05) is 13.1 Å². The highest BCUT2D eigenvalue weighted by Crippen LogP contribution is 2.44. The second kappa shape index (κ2) is 13.4. The number of ether oxygens (including phenoxy) is 1. The number of allylic oxidation sites excluding steroid dienone is 2. The molecule has 2 saturated heterocycles. The number of nitrogens with one attached hydrogen (secondary N) is 2. The Morgan fingerprint density at radius 1 is 0.933 bits per heavy atom. The Morgan fingerprint density at radius 3 is 2.43 bits per heavy atom. The maximum atomic E-state index is 12.2. The highest BCUT2D eigenvalue weighted by Gasteiger charge is 2.47. The van der Waals surface area contributed by atoms with Gasteiger partial charge in [-0.3, -0.25) is 14.4 Å². The zero-order valence-corrected chi connectivity index (χ0v) is 18.2. The van der Waals surface area contributed by atoms with Gasteiger partial charge in [0.15, 0.2) is 0 Å². The minimum atomic E-state index is -0.756. The Balaban J connectivity index is 1.66. The average Bonchev–Trinajstić information content (AvgIpc) is 3.32. The molecule has 0 radical (unpaired) electrons. The highest BCUT2D eigenvalue weighted by atomic mass is 16.5. The smallest absolute Gasteiger partial charge is 0.303 e. The molecule has 0 saturated carbocycles. The predicted octanol–water partition coefficient (Wildman–Crippen LogP) is 3.18. The molecule has 0 aliphatic carbocycles. The van der Waals surface area contributed by atoms with Crippen molar-refractivity contribution in [3.63, 3.8) is 0 Å². The number of unbranched alkanes of at least 4 members (excludes halogenated alkanes) is 4. The Labute approximate surface area is 180 Å². The summed E-state index contributed by atoms with van der Waals surface area (Å²) in [7, 11) is 0. The van der Waals surface area contributed by atoms with Crippen molar-refractivity contribution in [1.82, 2.24) is 10.6 Å². The molecular weight excluding hydrogens is 384 g/mol. The Hall–Kier alpha value is -1.89. The van der Waals surface area contributed by atoms with E-state index < -0.39 is 5.97 Å². The van der Waals surface area contributed by atoms with Crippen LogP contribution >= 0.6 is 0 Å². The van der Waals surface area contributed by atoms with Crippen LogP contribution in [-0.2, 0) is 19.1 Å². The van der Waals surface area contributed by atoms with Crippen LogP contribution in [0.4, 0.5) is 0 Å². The SMILES string of the molecule is CCCCCCC(=O)NCC(=O)NC[C@H]1[C@@H](C/C=C/CCCC(=O)O)[C@H]2CC[C@@H]1O2. The van der Waals surface area contributed by atoms with Gasteiger partial charge in [-0.2, -0.15) is 0 Å². The summed E-state index contributed by atoms with van der Waals surface area (Å²) in [6.07, 6.45) is 13.9. The third-order valence-electron chi connectivity index (χ3n) is 6.17. The number of amides is 2. The lowest BCUT2D eigenvalue weighted by atomic mass is 9.77. The number of carboxylic acids is 1. The summed E-state index contributed by atoms with van der Waals surface area (Å²) in [6.45, 7) is 2.74. The zero-order chi connectivity index (χ0) is 21.8. The molecule has 30 heavy (non-hydrogen) atoms. The number of rotatable bonds is 15. The minimum Gasteiger partial charge on any atom is -0.481 e. The summed E-state index contributed by atoms with van der Waals surface area (Å²) in [5.41, 5.74) is 0. The van der Waals surface area contributed by atoms with Gasteiger partial charge in [0.05, 0.1) is 18.8 Å². The van der Waals surface area contributed by atoms with Gasteiger partial charge in [-0.05, 0) is 44.4 Å².